The van der Waals surface area contributed by atoms with Crippen LogP contribution in [0.25, 0.3) is 0 Å². The predicted molar refractivity (Wildman–Crippen MR) is 73.2 cm³/mol. The minimum atomic E-state index is 0.0579. The largest absolute Gasteiger partial charge is 0.334 e. The Labute approximate surface area is 109 Å². The molecular formula is C15H22N2O. The lowest BCUT2D eigenvalue weighted by Crippen LogP contribution is -2.42. The zero-order chi connectivity index (χ0) is 13.1. The van der Waals surface area contributed by atoms with Crippen molar-refractivity contribution in [3.63, 3.8) is 0 Å². The molecule has 1 aromatic rings. The molecule has 1 aromatic carbocycles. The number of amides is 2. The molecule has 0 radical (unpaired) electrons. The zero-order valence-electron chi connectivity index (χ0n) is 11.4. The smallest absolute Gasteiger partial charge is 0.317 e. The van der Waals surface area contributed by atoms with E-state index in [4.69, 9.17) is 0 Å². The van der Waals surface area contributed by atoms with Crippen LogP contribution >= 0.6 is 0 Å². The van der Waals surface area contributed by atoms with E-state index in [1.54, 1.807) is 0 Å². The van der Waals surface area contributed by atoms with E-state index in [2.05, 4.69) is 26.1 Å². The maximum Gasteiger partial charge on any atom is 0.317 e. The minimum absolute atomic E-state index is 0.0579. The Kier molecular flexibility index (Phi) is 3.90. The van der Waals surface area contributed by atoms with E-state index in [-0.39, 0.29) is 6.03 Å². The van der Waals surface area contributed by atoms with E-state index >= 15 is 0 Å². The van der Waals surface area contributed by atoms with E-state index in [0.29, 0.717) is 24.4 Å². The van der Waals surface area contributed by atoms with Crippen LogP contribution in [0, 0.1) is 11.8 Å². The second-order valence-corrected chi connectivity index (χ2v) is 5.37. The lowest BCUT2D eigenvalue weighted by Gasteiger charge is -2.23. The van der Waals surface area contributed by atoms with Crippen LogP contribution in [0.15, 0.2) is 30.3 Å². The summed E-state index contributed by atoms with van der Waals surface area (Å²) in [6.07, 6.45) is 0. The van der Waals surface area contributed by atoms with Gasteiger partial charge in [-0.3, -0.25) is 0 Å². The van der Waals surface area contributed by atoms with Crippen molar-refractivity contribution in [1.82, 2.24) is 10.2 Å². The van der Waals surface area contributed by atoms with E-state index in [9.17, 15) is 4.79 Å². The number of hydrogen-bond acceptors (Lipinski definition) is 1. The fourth-order valence-corrected chi connectivity index (χ4v) is 2.55. The maximum atomic E-state index is 12.1. The molecule has 1 fully saturated rings. The summed E-state index contributed by atoms with van der Waals surface area (Å²) in [6.45, 7) is 8.04. The Balaban J connectivity index is 1.89. The molecule has 0 saturated carbocycles. The summed E-state index contributed by atoms with van der Waals surface area (Å²) < 4.78 is 0. The molecule has 2 amide bonds. The van der Waals surface area contributed by atoms with Crippen molar-refractivity contribution in [2.24, 2.45) is 11.8 Å². The highest BCUT2D eigenvalue weighted by Gasteiger charge is 2.35. The number of nitrogens with zero attached hydrogens (tertiary/aromatic N) is 1. The summed E-state index contributed by atoms with van der Waals surface area (Å²) in [6, 6.07) is 10.4. The van der Waals surface area contributed by atoms with E-state index in [0.717, 1.165) is 12.1 Å². The number of carbonyl (C=O) groups is 1. The molecule has 1 heterocycles. The molecular weight excluding hydrogens is 224 g/mol. The van der Waals surface area contributed by atoms with Crippen molar-refractivity contribution in [3.8, 4) is 0 Å². The van der Waals surface area contributed by atoms with Gasteiger partial charge in [-0.15, -0.1) is 0 Å². The SMILES string of the molecule is CC1CN(C(=O)NCc2ccccc2)C(C)C1C. The van der Waals surface area contributed by atoms with E-state index in [1.165, 1.54) is 0 Å². The molecule has 1 aliphatic heterocycles. The van der Waals surface area contributed by atoms with Crippen molar-refractivity contribution >= 4 is 6.03 Å². The van der Waals surface area contributed by atoms with Crippen LogP contribution in [0.5, 0.6) is 0 Å². The monoisotopic (exact) mass is 246 g/mol. The minimum Gasteiger partial charge on any atom is -0.334 e. The molecule has 0 bridgehead atoms. The average Bonchev–Trinajstić information content (AvgIpc) is 2.65. The molecule has 2 rings (SSSR count). The van der Waals surface area contributed by atoms with Gasteiger partial charge in [0.25, 0.3) is 0 Å². The molecule has 0 aromatic heterocycles. The first-order valence-corrected chi connectivity index (χ1v) is 6.68. The lowest BCUT2D eigenvalue weighted by molar-refractivity contribution is 0.191. The Morgan fingerprint density at radius 2 is 1.94 bits per heavy atom. The third-order valence-electron chi connectivity index (χ3n) is 4.18. The zero-order valence-corrected chi connectivity index (χ0v) is 11.4. The molecule has 98 valence electrons. The summed E-state index contributed by atoms with van der Waals surface area (Å²) in [7, 11) is 0. The number of hydrogen-bond donors (Lipinski definition) is 1. The number of urea groups is 1. The van der Waals surface area contributed by atoms with Crippen LogP contribution in [0.3, 0.4) is 0 Å². The van der Waals surface area contributed by atoms with Crippen molar-refractivity contribution in [2.75, 3.05) is 6.54 Å². The first-order chi connectivity index (χ1) is 8.59. The van der Waals surface area contributed by atoms with Gasteiger partial charge in [0.1, 0.15) is 0 Å². The van der Waals surface area contributed by atoms with Crippen LogP contribution in [-0.4, -0.2) is 23.5 Å². The highest BCUT2D eigenvalue weighted by molar-refractivity contribution is 5.74. The molecule has 18 heavy (non-hydrogen) atoms. The fraction of sp³-hybridized carbons (Fsp3) is 0.533. The summed E-state index contributed by atoms with van der Waals surface area (Å²) in [5, 5.41) is 3.00. The summed E-state index contributed by atoms with van der Waals surface area (Å²) in [4.78, 5) is 14.1. The molecule has 3 heteroatoms. The lowest BCUT2D eigenvalue weighted by atomic mass is 9.95. The Morgan fingerprint density at radius 3 is 2.50 bits per heavy atom. The highest BCUT2D eigenvalue weighted by Crippen LogP contribution is 2.28. The normalized spacial score (nSPS) is 27.3. The average molecular weight is 246 g/mol. The first-order valence-electron chi connectivity index (χ1n) is 6.68. The molecule has 1 N–H and O–H groups in total. The van der Waals surface area contributed by atoms with Gasteiger partial charge in [-0.1, -0.05) is 44.2 Å². The van der Waals surface area contributed by atoms with Gasteiger partial charge in [0.2, 0.25) is 0 Å². The third-order valence-corrected chi connectivity index (χ3v) is 4.18. The van der Waals surface area contributed by atoms with Crippen LogP contribution in [-0.2, 0) is 6.54 Å². The molecule has 1 aliphatic rings. The van der Waals surface area contributed by atoms with Crippen molar-refractivity contribution in [1.29, 1.82) is 0 Å². The summed E-state index contributed by atoms with van der Waals surface area (Å²) in [5.41, 5.74) is 1.14. The Bertz CT molecular complexity index is 404. The highest BCUT2D eigenvalue weighted by atomic mass is 16.2. The molecule has 3 nitrogen and oxygen atoms in total. The Hall–Kier alpha value is -1.51. The van der Waals surface area contributed by atoms with E-state index in [1.807, 2.05) is 35.2 Å². The molecule has 0 spiro atoms. The van der Waals surface area contributed by atoms with Gasteiger partial charge in [0.05, 0.1) is 0 Å². The van der Waals surface area contributed by atoms with Crippen LogP contribution in [0.1, 0.15) is 26.3 Å². The molecule has 1 saturated heterocycles. The number of likely N-dealkylation sites (tertiary alicyclic amines) is 1. The quantitative estimate of drug-likeness (QED) is 0.855. The standard InChI is InChI=1S/C15H22N2O/c1-11-10-17(13(3)12(11)2)15(18)16-9-14-7-5-4-6-8-14/h4-8,11-13H,9-10H2,1-3H3,(H,16,18). The second kappa shape index (κ2) is 5.42. The van der Waals surface area contributed by atoms with Gasteiger partial charge in [-0.2, -0.15) is 0 Å². The number of nitrogens with one attached hydrogen (secondary N) is 1. The van der Waals surface area contributed by atoms with Gasteiger partial charge >= 0.3 is 6.03 Å². The van der Waals surface area contributed by atoms with Gasteiger partial charge in [0, 0.05) is 19.1 Å². The molecule has 3 unspecified atom stereocenters. The third kappa shape index (κ3) is 2.66. The topological polar surface area (TPSA) is 32.3 Å². The predicted octanol–water partition coefficient (Wildman–Crippen LogP) is 2.87. The van der Waals surface area contributed by atoms with Crippen LogP contribution in [0.2, 0.25) is 0 Å². The summed E-state index contributed by atoms with van der Waals surface area (Å²) >= 11 is 0. The first kappa shape index (κ1) is 12.9. The van der Waals surface area contributed by atoms with Crippen molar-refractivity contribution in [3.05, 3.63) is 35.9 Å². The van der Waals surface area contributed by atoms with Gasteiger partial charge in [-0.25, -0.2) is 4.79 Å². The van der Waals surface area contributed by atoms with Gasteiger partial charge < -0.3 is 10.2 Å². The molecule has 3 atom stereocenters. The van der Waals surface area contributed by atoms with Crippen LogP contribution in [0.4, 0.5) is 4.79 Å². The fourth-order valence-electron chi connectivity index (χ4n) is 2.55. The Morgan fingerprint density at radius 1 is 1.28 bits per heavy atom. The van der Waals surface area contributed by atoms with Crippen LogP contribution < -0.4 is 5.32 Å². The summed E-state index contributed by atoms with van der Waals surface area (Å²) in [5.74, 6) is 1.16. The van der Waals surface area contributed by atoms with Gasteiger partial charge in [0.15, 0.2) is 0 Å². The number of carbonyl (C=O) groups excluding carboxylic acids is 1. The second-order valence-electron chi connectivity index (χ2n) is 5.37. The van der Waals surface area contributed by atoms with E-state index < -0.39 is 0 Å². The number of rotatable bonds is 2. The van der Waals surface area contributed by atoms with Crippen molar-refractivity contribution in [2.45, 2.75) is 33.4 Å². The maximum absolute atomic E-state index is 12.1. The molecule has 0 aliphatic carbocycles. The van der Waals surface area contributed by atoms with Crippen molar-refractivity contribution < 1.29 is 4.79 Å². The number of benzene rings is 1. The van der Waals surface area contributed by atoms with Gasteiger partial charge in [-0.05, 0) is 24.3 Å².